The Kier molecular flexibility index (Phi) is 7.05. The quantitative estimate of drug-likeness (QED) is 0.782. The summed E-state index contributed by atoms with van der Waals surface area (Å²) in [4.78, 5) is 11.8. The lowest BCUT2D eigenvalue weighted by molar-refractivity contribution is -0.121. The molecule has 0 aliphatic carbocycles. The van der Waals surface area contributed by atoms with Gasteiger partial charge in [0.05, 0.1) is 13.2 Å². The topological polar surface area (TPSA) is 58.6 Å². The van der Waals surface area contributed by atoms with Gasteiger partial charge in [-0.15, -0.1) is 0 Å². The number of carbonyl (C=O) groups excluding carboxylic acids is 1. The molecule has 1 atom stereocenters. The van der Waals surface area contributed by atoms with Crippen molar-refractivity contribution >= 4 is 12.0 Å². The van der Waals surface area contributed by atoms with Crippen LogP contribution < -0.4 is 10.1 Å². The third kappa shape index (κ3) is 5.89. The van der Waals surface area contributed by atoms with Crippen LogP contribution in [0, 0.1) is 0 Å². The lowest BCUT2D eigenvalue weighted by atomic mass is 10.1. The van der Waals surface area contributed by atoms with Gasteiger partial charge >= 0.3 is 0 Å². The molecular formula is C20H23NO3. The van der Waals surface area contributed by atoms with Crippen LogP contribution in [0.3, 0.4) is 0 Å². The summed E-state index contributed by atoms with van der Waals surface area (Å²) in [5.74, 6) is 0.667. The smallest absolute Gasteiger partial charge is 0.220 e. The maximum Gasteiger partial charge on any atom is 0.220 e. The van der Waals surface area contributed by atoms with Crippen molar-refractivity contribution in [1.29, 1.82) is 0 Å². The van der Waals surface area contributed by atoms with Gasteiger partial charge in [0.25, 0.3) is 0 Å². The van der Waals surface area contributed by atoms with Gasteiger partial charge in [-0.3, -0.25) is 4.79 Å². The zero-order valence-corrected chi connectivity index (χ0v) is 13.8. The molecule has 0 aromatic heterocycles. The highest BCUT2D eigenvalue weighted by Gasteiger charge is 2.09. The highest BCUT2D eigenvalue weighted by molar-refractivity contribution is 5.76. The molecule has 2 aromatic rings. The Labute approximate surface area is 142 Å². The monoisotopic (exact) mass is 325 g/mol. The molecule has 4 nitrogen and oxygen atoms in total. The van der Waals surface area contributed by atoms with Crippen LogP contribution in [0.2, 0.25) is 0 Å². The standard InChI is InChI=1S/C20H23NO3/c1-24-18-13-11-17(12-14-18)19(22)15-21-20(23)10-6-5-9-16-7-3-2-4-8-16/h2-5,7-9,11-14,19,22H,6,10,15H2,1H3,(H,21,23). The number of hydrogen-bond donors (Lipinski definition) is 2. The van der Waals surface area contributed by atoms with Gasteiger partial charge in [0.2, 0.25) is 5.91 Å². The first-order chi connectivity index (χ1) is 11.7. The number of aliphatic hydroxyl groups excluding tert-OH is 1. The first-order valence-corrected chi connectivity index (χ1v) is 7.99. The van der Waals surface area contributed by atoms with Crippen LogP contribution in [0.5, 0.6) is 5.75 Å². The van der Waals surface area contributed by atoms with E-state index in [0.717, 1.165) is 16.9 Å². The molecule has 1 amide bonds. The van der Waals surface area contributed by atoms with Gasteiger partial charge in [0, 0.05) is 13.0 Å². The molecule has 0 aliphatic rings. The van der Waals surface area contributed by atoms with E-state index in [1.807, 2.05) is 42.5 Å². The second kappa shape index (κ2) is 9.53. The molecular weight excluding hydrogens is 302 g/mol. The summed E-state index contributed by atoms with van der Waals surface area (Å²) in [5, 5.41) is 12.8. The van der Waals surface area contributed by atoms with E-state index in [2.05, 4.69) is 5.32 Å². The van der Waals surface area contributed by atoms with Crippen molar-refractivity contribution in [3.8, 4) is 5.75 Å². The third-order valence-electron chi connectivity index (χ3n) is 3.64. The highest BCUT2D eigenvalue weighted by atomic mass is 16.5. The summed E-state index contributed by atoms with van der Waals surface area (Å²) in [6, 6.07) is 17.1. The second-order valence-electron chi connectivity index (χ2n) is 5.44. The predicted molar refractivity (Wildman–Crippen MR) is 95.7 cm³/mol. The number of aliphatic hydroxyl groups is 1. The summed E-state index contributed by atoms with van der Waals surface area (Å²) < 4.78 is 5.08. The molecule has 0 fully saturated rings. The van der Waals surface area contributed by atoms with Crippen LogP contribution in [0.25, 0.3) is 6.08 Å². The van der Waals surface area contributed by atoms with Crippen LogP contribution in [-0.4, -0.2) is 24.7 Å². The van der Waals surface area contributed by atoms with Crippen molar-refractivity contribution in [1.82, 2.24) is 5.32 Å². The van der Waals surface area contributed by atoms with Crippen LogP contribution in [0.15, 0.2) is 60.7 Å². The van der Waals surface area contributed by atoms with Crippen molar-refractivity contribution in [2.45, 2.75) is 18.9 Å². The summed E-state index contributed by atoms with van der Waals surface area (Å²) in [6.45, 7) is 0.202. The molecule has 2 aromatic carbocycles. The number of ether oxygens (including phenoxy) is 1. The molecule has 0 bridgehead atoms. The number of hydrogen-bond acceptors (Lipinski definition) is 3. The maximum atomic E-state index is 11.8. The van der Waals surface area contributed by atoms with E-state index in [9.17, 15) is 9.90 Å². The van der Waals surface area contributed by atoms with Crippen LogP contribution in [0.4, 0.5) is 0 Å². The Morgan fingerprint density at radius 1 is 1.17 bits per heavy atom. The van der Waals surface area contributed by atoms with Crippen LogP contribution in [-0.2, 0) is 4.79 Å². The SMILES string of the molecule is COc1ccc(C(O)CNC(=O)CCC=Cc2ccccc2)cc1. The summed E-state index contributed by atoms with van der Waals surface area (Å²) in [7, 11) is 1.60. The maximum absolute atomic E-state index is 11.8. The van der Waals surface area contributed by atoms with Crippen molar-refractivity contribution < 1.29 is 14.6 Å². The normalized spacial score (nSPS) is 12.1. The van der Waals surface area contributed by atoms with E-state index in [4.69, 9.17) is 4.74 Å². The molecule has 4 heteroatoms. The number of nitrogens with one attached hydrogen (secondary N) is 1. The molecule has 0 spiro atoms. The third-order valence-corrected chi connectivity index (χ3v) is 3.64. The molecule has 1 unspecified atom stereocenters. The zero-order chi connectivity index (χ0) is 17.2. The summed E-state index contributed by atoms with van der Waals surface area (Å²) in [5.41, 5.74) is 1.87. The van der Waals surface area contributed by atoms with Crippen LogP contribution >= 0.6 is 0 Å². The minimum atomic E-state index is -0.722. The fourth-order valence-corrected chi connectivity index (χ4v) is 2.24. The Hall–Kier alpha value is -2.59. The molecule has 126 valence electrons. The Morgan fingerprint density at radius 3 is 2.54 bits per heavy atom. The number of rotatable bonds is 8. The largest absolute Gasteiger partial charge is 0.497 e. The van der Waals surface area contributed by atoms with Gasteiger partial charge in [-0.05, 0) is 29.7 Å². The second-order valence-corrected chi connectivity index (χ2v) is 5.44. The van der Waals surface area contributed by atoms with E-state index in [1.165, 1.54) is 0 Å². The van der Waals surface area contributed by atoms with Gasteiger partial charge in [0.15, 0.2) is 0 Å². The van der Waals surface area contributed by atoms with Gasteiger partial charge < -0.3 is 15.2 Å². The fraction of sp³-hybridized carbons (Fsp3) is 0.250. The molecule has 2 rings (SSSR count). The van der Waals surface area contributed by atoms with Crippen molar-refractivity contribution in [3.63, 3.8) is 0 Å². The minimum Gasteiger partial charge on any atom is -0.497 e. The summed E-state index contributed by atoms with van der Waals surface area (Å²) in [6.07, 6.45) is 4.33. The van der Waals surface area contributed by atoms with Crippen LogP contribution in [0.1, 0.15) is 30.1 Å². The van der Waals surface area contributed by atoms with Crippen molar-refractivity contribution in [2.75, 3.05) is 13.7 Å². The lowest BCUT2D eigenvalue weighted by Gasteiger charge is -2.12. The summed E-state index contributed by atoms with van der Waals surface area (Å²) >= 11 is 0. The van der Waals surface area contributed by atoms with Crippen molar-refractivity contribution in [3.05, 3.63) is 71.8 Å². The number of allylic oxidation sites excluding steroid dienone is 1. The Balaban J connectivity index is 1.69. The number of methoxy groups -OCH3 is 1. The first kappa shape index (κ1) is 17.8. The predicted octanol–water partition coefficient (Wildman–Crippen LogP) is 3.34. The number of benzene rings is 2. The van der Waals surface area contributed by atoms with Gasteiger partial charge in [-0.2, -0.15) is 0 Å². The van der Waals surface area contributed by atoms with E-state index < -0.39 is 6.10 Å². The Bertz CT molecular complexity index is 650. The molecule has 0 saturated carbocycles. The van der Waals surface area contributed by atoms with E-state index >= 15 is 0 Å². The van der Waals surface area contributed by atoms with E-state index in [1.54, 1.807) is 31.4 Å². The molecule has 2 N–H and O–H groups in total. The average molecular weight is 325 g/mol. The molecule has 0 heterocycles. The molecule has 0 aliphatic heterocycles. The van der Waals surface area contributed by atoms with Gasteiger partial charge in [0.1, 0.15) is 5.75 Å². The van der Waals surface area contributed by atoms with Gasteiger partial charge in [-0.25, -0.2) is 0 Å². The highest BCUT2D eigenvalue weighted by Crippen LogP contribution is 2.17. The van der Waals surface area contributed by atoms with E-state index in [0.29, 0.717) is 12.8 Å². The number of amides is 1. The van der Waals surface area contributed by atoms with Crippen molar-refractivity contribution in [2.24, 2.45) is 0 Å². The molecule has 0 saturated heterocycles. The first-order valence-electron chi connectivity index (χ1n) is 7.99. The molecule has 0 radical (unpaired) electrons. The number of carbonyl (C=O) groups is 1. The average Bonchev–Trinajstić information content (AvgIpc) is 2.64. The van der Waals surface area contributed by atoms with Gasteiger partial charge in [-0.1, -0.05) is 54.6 Å². The fourth-order valence-electron chi connectivity index (χ4n) is 2.24. The molecule has 24 heavy (non-hydrogen) atoms. The Morgan fingerprint density at radius 2 is 1.88 bits per heavy atom. The lowest BCUT2D eigenvalue weighted by Crippen LogP contribution is -2.27. The zero-order valence-electron chi connectivity index (χ0n) is 13.8. The minimum absolute atomic E-state index is 0.0692. The van der Waals surface area contributed by atoms with E-state index in [-0.39, 0.29) is 12.5 Å².